The summed E-state index contributed by atoms with van der Waals surface area (Å²) in [4.78, 5) is 16.7. The van der Waals surface area contributed by atoms with Crippen molar-refractivity contribution in [3.63, 3.8) is 0 Å². The van der Waals surface area contributed by atoms with Crippen LogP contribution in [0, 0.1) is 24.8 Å². The molecule has 1 N–H and O–H groups in total. The Balaban J connectivity index is 0.000000278. The topological polar surface area (TPSA) is 63.3 Å². The molecule has 2 aromatic heterocycles. The van der Waals surface area contributed by atoms with Crippen molar-refractivity contribution in [2.45, 2.75) is 79.2 Å². The van der Waals surface area contributed by atoms with Crippen LogP contribution >= 0.6 is 0 Å². The number of aliphatic hydroxyl groups excluding tert-OH is 1. The Kier molecular flexibility index (Phi) is 12.8. The molecule has 0 bridgehead atoms. The average Bonchev–Trinajstić information content (AvgIpc) is 3.37. The maximum absolute atomic E-state index is 12.2. The SMILES string of the molecule is CCC(CC(F)(F)F)C(=O)/C=C(\O)C(CC)CC.Cc1[c-]c(-c2cc([Si](C)(C)C)c3ccccc3n2)c2oc3ccccc3c2c1.[Ir]. The van der Waals surface area contributed by atoms with Crippen LogP contribution in [0.4, 0.5) is 13.2 Å². The maximum atomic E-state index is 12.2. The first-order chi connectivity index (χ1) is 21.7. The first-order valence-electron chi connectivity index (χ1n) is 15.9. The quantitative estimate of drug-likeness (QED) is 0.0695. The van der Waals surface area contributed by atoms with Gasteiger partial charge in [0.2, 0.25) is 0 Å². The number of aryl methyl sites for hydroxylation is 1. The van der Waals surface area contributed by atoms with Gasteiger partial charge in [-0.3, -0.25) is 9.78 Å². The van der Waals surface area contributed by atoms with E-state index in [1.54, 1.807) is 0 Å². The number of nitrogens with zero attached hydrogens (tertiary/aromatic N) is 1. The molecule has 9 heteroatoms. The van der Waals surface area contributed by atoms with Crippen LogP contribution in [0.5, 0.6) is 0 Å². The van der Waals surface area contributed by atoms with Crippen LogP contribution in [0.15, 0.2) is 76.9 Å². The van der Waals surface area contributed by atoms with Crippen LogP contribution in [0.1, 0.15) is 52.0 Å². The number of ketones is 1. The zero-order valence-electron chi connectivity index (χ0n) is 28.0. The van der Waals surface area contributed by atoms with E-state index in [9.17, 15) is 23.1 Å². The minimum atomic E-state index is -4.35. The molecule has 0 fully saturated rings. The fraction of sp³-hybridized carbons (Fsp3) is 0.368. The number of halogens is 3. The third-order valence-corrected chi connectivity index (χ3v) is 10.4. The molecule has 1 unspecified atom stereocenters. The van der Waals surface area contributed by atoms with Crippen LogP contribution in [-0.2, 0) is 24.9 Å². The van der Waals surface area contributed by atoms with Gasteiger partial charge in [-0.25, -0.2) is 0 Å². The molecule has 1 atom stereocenters. The van der Waals surface area contributed by atoms with Gasteiger partial charge in [0.25, 0.3) is 0 Å². The Morgan fingerprint density at radius 3 is 2.13 bits per heavy atom. The molecule has 0 amide bonds. The minimum Gasteiger partial charge on any atom is -0.512 e. The molecule has 0 aliphatic heterocycles. The molecule has 5 rings (SSSR count). The molecule has 0 saturated heterocycles. The zero-order chi connectivity index (χ0) is 33.8. The first kappa shape index (κ1) is 38.2. The van der Waals surface area contributed by atoms with E-state index in [0.717, 1.165) is 50.4 Å². The summed E-state index contributed by atoms with van der Waals surface area (Å²) in [6, 6.07) is 24.6. The predicted octanol–water partition coefficient (Wildman–Crippen LogP) is 10.9. The van der Waals surface area contributed by atoms with Crippen LogP contribution in [-0.4, -0.2) is 30.1 Å². The van der Waals surface area contributed by atoms with Crippen molar-refractivity contribution in [3.8, 4) is 11.3 Å². The van der Waals surface area contributed by atoms with Crippen molar-refractivity contribution in [1.29, 1.82) is 0 Å². The van der Waals surface area contributed by atoms with E-state index in [0.29, 0.717) is 12.8 Å². The van der Waals surface area contributed by atoms with Gasteiger partial charge in [0.05, 0.1) is 31.4 Å². The number of para-hydroxylation sites is 2. The standard InChI is InChI=1S/C25H22NOSi.C13H21F3O2.Ir/c1-16-13-19-17-9-6-8-12-23(17)27-25(19)20(14-16)22-15-24(28(2,3)4)18-10-5-7-11-21(18)26-22;1-4-9(5-2)11(17)7-12(18)10(6-3)8-13(14,15)16;/h5-13,15H,1-4H3;7,9-10,17H,4-6,8H2,1-3H3;/q-1;;/b;11-7-;. The summed E-state index contributed by atoms with van der Waals surface area (Å²) in [5.74, 6) is -2.00. The van der Waals surface area contributed by atoms with E-state index in [-0.39, 0.29) is 38.2 Å². The van der Waals surface area contributed by atoms with Gasteiger partial charge < -0.3 is 9.52 Å². The summed E-state index contributed by atoms with van der Waals surface area (Å²) >= 11 is 0. The van der Waals surface area contributed by atoms with E-state index < -0.39 is 32.4 Å². The number of carbonyl (C=O) groups is 1. The third-order valence-electron chi connectivity index (χ3n) is 8.39. The smallest absolute Gasteiger partial charge is 0.389 e. The summed E-state index contributed by atoms with van der Waals surface area (Å²) in [5, 5.41) is 14.6. The van der Waals surface area contributed by atoms with Crippen LogP contribution in [0.25, 0.3) is 44.1 Å². The predicted molar refractivity (Wildman–Crippen MR) is 185 cm³/mol. The number of carbonyl (C=O) groups excluding carboxylic acids is 1. The van der Waals surface area contributed by atoms with E-state index in [1.165, 1.54) is 17.5 Å². The molecule has 5 aromatic rings. The van der Waals surface area contributed by atoms with Gasteiger partial charge in [-0.15, -0.1) is 17.7 Å². The normalized spacial score (nSPS) is 13.0. The van der Waals surface area contributed by atoms with Crippen molar-refractivity contribution < 1.29 is 47.6 Å². The van der Waals surface area contributed by atoms with Gasteiger partial charge in [-0.2, -0.15) is 13.2 Å². The van der Waals surface area contributed by atoms with E-state index in [2.05, 4.69) is 81.2 Å². The molecule has 2 heterocycles. The molecule has 4 nitrogen and oxygen atoms in total. The molecule has 253 valence electrons. The zero-order valence-corrected chi connectivity index (χ0v) is 31.4. The molecular formula is C38H43F3IrNO3Si-. The van der Waals surface area contributed by atoms with Gasteiger partial charge in [0.15, 0.2) is 5.78 Å². The summed E-state index contributed by atoms with van der Waals surface area (Å²) in [7, 11) is -1.56. The van der Waals surface area contributed by atoms with Crippen molar-refractivity contribution in [3.05, 3.63) is 84.1 Å². The van der Waals surface area contributed by atoms with E-state index in [4.69, 9.17) is 9.40 Å². The number of hydrogen-bond acceptors (Lipinski definition) is 4. The fourth-order valence-electron chi connectivity index (χ4n) is 5.82. The van der Waals surface area contributed by atoms with Crippen LogP contribution in [0.2, 0.25) is 19.6 Å². The molecule has 0 spiro atoms. The van der Waals surface area contributed by atoms with Gasteiger partial charge in [0.1, 0.15) is 5.58 Å². The second-order valence-corrected chi connectivity index (χ2v) is 17.9. The van der Waals surface area contributed by atoms with Crippen molar-refractivity contribution >= 4 is 51.9 Å². The number of benzene rings is 3. The Morgan fingerprint density at radius 2 is 1.53 bits per heavy atom. The number of furan rings is 1. The van der Waals surface area contributed by atoms with Crippen molar-refractivity contribution in [2.75, 3.05) is 0 Å². The summed E-state index contributed by atoms with van der Waals surface area (Å²) in [6.45, 7) is 14.5. The molecule has 0 aliphatic rings. The first-order valence-corrected chi connectivity index (χ1v) is 19.4. The van der Waals surface area contributed by atoms with Gasteiger partial charge in [-0.1, -0.05) is 106 Å². The number of pyridine rings is 1. The maximum Gasteiger partial charge on any atom is 0.389 e. The van der Waals surface area contributed by atoms with Crippen molar-refractivity contribution in [1.82, 2.24) is 4.98 Å². The Labute approximate surface area is 289 Å². The Morgan fingerprint density at radius 1 is 0.936 bits per heavy atom. The molecule has 0 saturated carbocycles. The summed E-state index contributed by atoms with van der Waals surface area (Å²) in [5.41, 5.74) is 5.82. The van der Waals surface area contributed by atoms with Gasteiger partial charge in [0, 0.05) is 43.4 Å². The second-order valence-electron chi connectivity index (χ2n) is 12.9. The number of alkyl halides is 3. The average molecular weight is 839 g/mol. The largest absolute Gasteiger partial charge is 0.512 e. The monoisotopic (exact) mass is 839 g/mol. The number of aromatic nitrogens is 1. The molecule has 0 aliphatic carbocycles. The molecule has 47 heavy (non-hydrogen) atoms. The number of fused-ring (bicyclic) bond motifs is 4. The summed E-state index contributed by atoms with van der Waals surface area (Å²) in [6.07, 6.45) is -3.09. The van der Waals surface area contributed by atoms with E-state index >= 15 is 0 Å². The summed E-state index contributed by atoms with van der Waals surface area (Å²) < 4.78 is 43.0. The van der Waals surface area contributed by atoms with Crippen LogP contribution in [0.3, 0.4) is 0 Å². The van der Waals surface area contributed by atoms with Crippen molar-refractivity contribution in [2.24, 2.45) is 11.8 Å². The number of rotatable bonds is 9. The molecule has 1 radical (unpaired) electrons. The molecule has 3 aromatic carbocycles. The van der Waals surface area contributed by atoms with Gasteiger partial charge >= 0.3 is 6.18 Å². The number of allylic oxidation sites excluding steroid dienone is 2. The Hall–Kier alpha value is -3.26. The third kappa shape index (κ3) is 9.21. The fourth-order valence-corrected chi connectivity index (χ4v) is 7.41. The molecular weight excluding hydrogens is 796 g/mol. The van der Waals surface area contributed by atoms with Gasteiger partial charge in [-0.05, 0) is 42.5 Å². The van der Waals surface area contributed by atoms with Crippen LogP contribution < -0.4 is 5.19 Å². The van der Waals surface area contributed by atoms with E-state index in [1.807, 2.05) is 26.0 Å². The second kappa shape index (κ2) is 15.8. The number of aliphatic hydroxyl groups is 1. The minimum absolute atomic E-state index is 0. The number of hydrogen-bond donors (Lipinski definition) is 1. The Bertz CT molecular complexity index is 1870.